The van der Waals surface area contributed by atoms with Gasteiger partial charge in [0, 0.05) is 0 Å². The van der Waals surface area contributed by atoms with E-state index < -0.39 is 12.2 Å². The molecule has 0 heterocycles. The van der Waals surface area contributed by atoms with Crippen molar-refractivity contribution in [1.29, 1.82) is 0 Å². The van der Waals surface area contributed by atoms with Crippen molar-refractivity contribution in [2.24, 2.45) is 0 Å². The first-order chi connectivity index (χ1) is 7.67. The predicted molar refractivity (Wildman–Crippen MR) is 57.1 cm³/mol. The van der Waals surface area contributed by atoms with Gasteiger partial charge in [0.15, 0.2) is 0 Å². The van der Waals surface area contributed by atoms with Crippen LogP contribution in [0.2, 0.25) is 0 Å². The Morgan fingerprint density at radius 2 is 1.31 bits per heavy atom. The van der Waals surface area contributed by atoms with Crippen LogP contribution < -0.4 is 10.6 Å². The number of ether oxygens (including phenoxy) is 2. The first-order valence-corrected chi connectivity index (χ1v) is 5.36. The third-order valence-corrected chi connectivity index (χ3v) is 2.74. The number of nitrogens with one attached hydrogen (secondary N) is 2. The highest BCUT2D eigenvalue weighted by Gasteiger charge is 2.28. The molecule has 1 rings (SSSR count). The molecule has 1 saturated carbocycles. The normalized spacial score (nSPS) is 24.4. The summed E-state index contributed by atoms with van der Waals surface area (Å²) >= 11 is 0. The smallest absolute Gasteiger partial charge is 0.407 e. The Balaban J connectivity index is 2.49. The second-order valence-electron chi connectivity index (χ2n) is 3.77. The van der Waals surface area contributed by atoms with Gasteiger partial charge in [-0.05, 0) is 12.8 Å². The lowest BCUT2D eigenvalue weighted by Gasteiger charge is -2.31. The van der Waals surface area contributed by atoms with Gasteiger partial charge in [0.1, 0.15) is 0 Å². The lowest BCUT2D eigenvalue weighted by molar-refractivity contribution is 0.146. The first-order valence-electron chi connectivity index (χ1n) is 5.36. The van der Waals surface area contributed by atoms with E-state index in [1.54, 1.807) is 0 Å². The number of rotatable bonds is 2. The highest BCUT2D eigenvalue weighted by Crippen LogP contribution is 2.18. The van der Waals surface area contributed by atoms with Crippen molar-refractivity contribution in [1.82, 2.24) is 10.6 Å². The van der Waals surface area contributed by atoms with Crippen LogP contribution in [0.4, 0.5) is 9.59 Å². The number of carbonyl (C=O) groups is 2. The number of hydrogen-bond acceptors (Lipinski definition) is 4. The molecule has 6 heteroatoms. The summed E-state index contributed by atoms with van der Waals surface area (Å²) in [5.41, 5.74) is 0. The molecule has 1 aliphatic rings. The molecule has 2 amide bonds. The van der Waals surface area contributed by atoms with E-state index in [9.17, 15) is 9.59 Å². The van der Waals surface area contributed by atoms with Gasteiger partial charge >= 0.3 is 12.2 Å². The van der Waals surface area contributed by atoms with Gasteiger partial charge in [-0.15, -0.1) is 0 Å². The Morgan fingerprint density at radius 1 is 0.938 bits per heavy atom. The van der Waals surface area contributed by atoms with Crippen molar-refractivity contribution in [3.8, 4) is 0 Å². The van der Waals surface area contributed by atoms with Crippen LogP contribution in [0.3, 0.4) is 0 Å². The molecule has 16 heavy (non-hydrogen) atoms. The molecule has 0 bridgehead atoms. The molecule has 0 radical (unpaired) electrons. The number of amides is 2. The van der Waals surface area contributed by atoms with Gasteiger partial charge in [-0.25, -0.2) is 9.59 Å². The van der Waals surface area contributed by atoms with Gasteiger partial charge in [-0.3, -0.25) is 0 Å². The van der Waals surface area contributed by atoms with Crippen LogP contribution in [-0.4, -0.2) is 38.5 Å². The molecular formula is C10H18N2O4. The number of alkyl carbamates (subject to hydrolysis) is 2. The van der Waals surface area contributed by atoms with Gasteiger partial charge in [-0.1, -0.05) is 12.8 Å². The first kappa shape index (κ1) is 12.6. The zero-order valence-electron chi connectivity index (χ0n) is 9.62. The van der Waals surface area contributed by atoms with Crippen molar-refractivity contribution < 1.29 is 19.1 Å². The summed E-state index contributed by atoms with van der Waals surface area (Å²) < 4.78 is 9.08. The summed E-state index contributed by atoms with van der Waals surface area (Å²) in [7, 11) is 2.64. The van der Waals surface area contributed by atoms with E-state index in [2.05, 4.69) is 20.1 Å². The highest BCUT2D eigenvalue weighted by atomic mass is 16.5. The van der Waals surface area contributed by atoms with Crippen molar-refractivity contribution in [3.05, 3.63) is 0 Å². The Labute approximate surface area is 94.7 Å². The summed E-state index contributed by atoms with van der Waals surface area (Å²) in [6.07, 6.45) is 2.81. The van der Waals surface area contributed by atoms with Crippen LogP contribution in [0, 0.1) is 0 Å². The van der Waals surface area contributed by atoms with Gasteiger partial charge in [0.25, 0.3) is 0 Å². The average Bonchev–Trinajstić information content (AvgIpc) is 2.31. The van der Waals surface area contributed by atoms with Gasteiger partial charge < -0.3 is 20.1 Å². The molecular weight excluding hydrogens is 212 g/mol. The quantitative estimate of drug-likeness (QED) is 0.742. The van der Waals surface area contributed by atoms with Gasteiger partial charge in [0.2, 0.25) is 0 Å². The third kappa shape index (κ3) is 3.60. The summed E-state index contributed by atoms with van der Waals surface area (Å²) in [6, 6.07) is -0.166. The summed E-state index contributed by atoms with van der Waals surface area (Å²) in [5, 5.41) is 5.43. The average molecular weight is 230 g/mol. The molecule has 1 fully saturated rings. The maximum Gasteiger partial charge on any atom is 0.407 e. The molecule has 0 aromatic rings. The van der Waals surface area contributed by atoms with Crippen molar-refractivity contribution in [2.45, 2.75) is 37.8 Å². The minimum atomic E-state index is -0.469. The number of hydrogen-bond donors (Lipinski definition) is 2. The van der Waals surface area contributed by atoms with E-state index >= 15 is 0 Å². The molecule has 0 spiro atoms. The Hall–Kier alpha value is -1.46. The maximum absolute atomic E-state index is 11.1. The summed E-state index contributed by atoms with van der Waals surface area (Å²) in [6.45, 7) is 0. The van der Waals surface area contributed by atoms with Crippen LogP contribution >= 0.6 is 0 Å². The minimum Gasteiger partial charge on any atom is -0.453 e. The lowest BCUT2D eigenvalue weighted by atomic mass is 9.90. The van der Waals surface area contributed by atoms with Crippen molar-refractivity contribution in [2.75, 3.05) is 14.2 Å². The summed E-state index contributed by atoms with van der Waals surface area (Å²) in [5.74, 6) is 0. The molecule has 0 saturated heterocycles. The molecule has 0 aromatic carbocycles. The SMILES string of the molecule is COC(=O)NC1CCCCC1NC(=O)OC. The lowest BCUT2D eigenvalue weighted by Crippen LogP contribution is -2.53. The molecule has 2 atom stereocenters. The van der Waals surface area contributed by atoms with Crippen LogP contribution in [-0.2, 0) is 9.47 Å². The third-order valence-electron chi connectivity index (χ3n) is 2.74. The molecule has 0 aliphatic heterocycles. The van der Waals surface area contributed by atoms with E-state index in [0.29, 0.717) is 0 Å². The maximum atomic E-state index is 11.1. The Bertz CT molecular complexity index is 231. The molecule has 2 N–H and O–H groups in total. The van der Waals surface area contributed by atoms with E-state index in [4.69, 9.17) is 0 Å². The van der Waals surface area contributed by atoms with E-state index in [1.165, 1.54) is 14.2 Å². The molecule has 1 aliphatic carbocycles. The van der Waals surface area contributed by atoms with Crippen molar-refractivity contribution >= 4 is 12.2 Å². The minimum absolute atomic E-state index is 0.0831. The Morgan fingerprint density at radius 3 is 1.62 bits per heavy atom. The fourth-order valence-electron chi connectivity index (χ4n) is 1.90. The second kappa shape index (κ2) is 6.19. The van der Waals surface area contributed by atoms with Crippen LogP contribution in [0.5, 0.6) is 0 Å². The van der Waals surface area contributed by atoms with Gasteiger partial charge in [-0.2, -0.15) is 0 Å². The zero-order valence-corrected chi connectivity index (χ0v) is 9.62. The second-order valence-corrected chi connectivity index (χ2v) is 3.77. The van der Waals surface area contributed by atoms with Crippen LogP contribution in [0.15, 0.2) is 0 Å². The monoisotopic (exact) mass is 230 g/mol. The van der Waals surface area contributed by atoms with E-state index in [0.717, 1.165) is 25.7 Å². The predicted octanol–water partition coefficient (Wildman–Crippen LogP) is 1.01. The van der Waals surface area contributed by atoms with Crippen molar-refractivity contribution in [3.63, 3.8) is 0 Å². The molecule has 0 aromatic heterocycles. The number of carbonyl (C=O) groups excluding carboxylic acids is 2. The Kier molecular flexibility index (Phi) is 4.88. The molecule has 92 valence electrons. The molecule has 6 nitrogen and oxygen atoms in total. The highest BCUT2D eigenvalue weighted by molar-refractivity contribution is 5.69. The fourth-order valence-corrected chi connectivity index (χ4v) is 1.90. The van der Waals surface area contributed by atoms with E-state index in [1.807, 2.05) is 0 Å². The topological polar surface area (TPSA) is 76.7 Å². The largest absolute Gasteiger partial charge is 0.453 e. The number of methoxy groups -OCH3 is 2. The van der Waals surface area contributed by atoms with E-state index in [-0.39, 0.29) is 12.1 Å². The standard InChI is InChI=1S/C10H18N2O4/c1-15-9(13)11-7-5-3-4-6-8(7)12-10(14)16-2/h7-8H,3-6H2,1-2H3,(H,11,13)(H,12,14). The van der Waals surface area contributed by atoms with Crippen LogP contribution in [0.1, 0.15) is 25.7 Å². The zero-order chi connectivity index (χ0) is 12.0. The summed E-state index contributed by atoms with van der Waals surface area (Å²) in [4.78, 5) is 22.2. The van der Waals surface area contributed by atoms with Crippen LogP contribution in [0.25, 0.3) is 0 Å². The van der Waals surface area contributed by atoms with Gasteiger partial charge in [0.05, 0.1) is 26.3 Å². The fraction of sp³-hybridized carbons (Fsp3) is 0.800. The molecule has 2 unspecified atom stereocenters.